The Bertz CT molecular complexity index is 2650. The molecule has 17 nitrogen and oxygen atoms in total. The summed E-state index contributed by atoms with van der Waals surface area (Å²) in [6.45, 7) is -1.63. The van der Waals surface area contributed by atoms with Gasteiger partial charge < -0.3 is 41.0 Å². The second-order valence-electron chi connectivity index (χ2n) is 20.8. The van der Waals surface area contributed by atoms with E-state index in [1.165, 1.54) is 0 Å². The van der Waals surface area contributed by atoms with E-state index >= 15 is 8.78 Å². The van der Waals surface area contributed by atoms with Gasteiger partial charge in [0, 0.05) is 71.6 Å². The Balaban J connectivity index is 1.34. The second kappa shape index (κ2) is 25.3. The summed E-state index contributed by atoms with van der Waals surface area (Å²) >= 11 is 0. The van der Waals surface area contributed by atoms with E-state index in [0.29, 0.717) is 85.9 Å². The first-order chi connectivity index (χ1) is 36.9. The van der Waals surface area contributed by atoms with Crippen molar-refractivity contribution < 1.29 is 82.4 Å². The molecular formula is C52H63F10N9O8. The number of halogens is 10. The third kappa shape index (κ3) is 14.8. The summed E-state index contributed by atoms with van der Waals surface area (Å²) in [6, 6.07) is 6.19. The number of nitrogens with zero attached hydrogens (tertiary/aromatic N) is 4. The third-order valence-corrected chi connectivity index (χ3v) is 14.8. The Kier molecular flexibility index (Phi) is 19.7. The number of alkyl halides is 8. The lowest BCUT2D eigenvalue weighted by molar-refractivity contribution is -0.221. The Hall–Kier alpha value is -6.58. The first kappa shape index (κ1) is 61.6. The highest BCUT2D eigenvalue weighted by Gasteiger charge is 2.57. The van der Waals surface area contributed by atoms with Crippen molar-refractivity contribution in [2.45, 2.75) is 134 Å². The molecule has 0 saturated carbocycles. The minimum atomic E-state index is -5.23. The first-order valence-electron chi connectivity index (χ1n) is 25.0. The first-order valence-corrected chi connectivity index (χ1v) is 25.0. The molecule has 1 aromatic heterocycles. The summed E-state index contributed by atoms with van der Waals surface area (Å²) in [5.74, 6) is -5.82. The number of aromatic nitrogens is 1. The fraction of sp³-hybridized carbons (Fsp3) is 0.538. The molecular weight excluding hydrogens is 1070 g/mol. The van der Waals surface area contributed by atoms with Crippen LogP contribution >= 0.6 is 0 Å². The zero-order valence-corrected chi connectivity index (χ0v) is 43.9. The maximum Gasteiger partial charge on any atom is 0.407 e. The lowest BCUT2D eigenvalue weighted by Gasteiger charge is -2.46. The number of alkyl carbamates (subject to hydrolysis) is 2. The quantitative estimate of drug-likeness (QED) is 0.0268. The fourth-order valence-corrected chi connectivity index (χ4v) is 9.85. The number of pyridine rings is 1. The van der Waals surface area contributed by atoms with Gasteiger partial charge in [-0.3, -0.25) is 24.9 Å². The molecule has 4 heterocycles. The van der Waals surface area contributed by atoms with E-state index < -0.39 is 126 Å². The number of piperidine rings is 1. The van der Waals surface area contributed by atoms with Crippen LogP contribution in [0, 0.1) is 22.5 Å². The minimum absolute atomic E-state index is 0.262. The van der Waals surface area contributed by atoms with Gasteiger partial charge >= 0.3 is 31.1 Å². The van der Waals surface area contributed by atoms with Crippen LogP contribution in [-0.2, 0) is 36.8 Å². The molecule has 434 valence electrons. The number of nitrogens with two attached hydrogens (primary N) is 1. The van der Waals surface area contributed by atoms with Gasteiger partial charge in [-0.1, -0.05) is 30.3 Å². The number of aliphatic hydroxyl groups is 1. The van der Waals surface area contributed by atoms with Gasteiger partial charge in [0.05, 0.1) is 56.5 Å². The molecule has 3 aliphatic rings. The number of methoxy groups -OCH3 is 2. The molecule has 0 aliphatic carbocycles. The summed E-state index contributed by atoms with van der Waals surface area (Å²) in [4.78, 5) is 63.1. The maximum absolute atomic E-state index is 16.0. The van der Waals surface area contributed by atoms with E-state index in [1.807, 2.05) is 22.9 Å². The van der Waals surface area contributed by atoms with E-state index in [9.17, 15) is 59.4 Å². The zero-order valence-electron chi connectivity index (χ0n) is 43.9. The number of fused-ring (bicyclic) bond motifs is 2. The number of benzene rings is 2. The van der Waals surface area contributed by atoms with Crippen LogP contribution in [0.15, 0.2) is 65.8 Å². The second-order valence-corrected chi connectivity index (χ2v) is 20.8. The topological polar surface area (TPSA) is 222 Å². The number of hydrazine groups is 1. The van der Waals surface area contributed by atoms with Crippen molar-refractivity contribution in [2.24, 2.45) is 21.6 Å². The highest BCUT2D eigenvalue weighted by atomic mass is 19.4. The number of ether oxygens (including phenoxy) is 3. The molecule has 0 radical (unpaired) electrons. The number of hydrogen-bond acceptors (Lipinski definition) is 13. The summed E-state index contributed by atoms with van der Waals surface area (Å²) in [5.41, 5.74) is 2.56. The van der Waals surface area contributed by atoms with Crippen molar-refractivity contribution >= 4 is 35.9 Å². The molecule has 3 fully saturated rings. The molecule has 2 bridgehead atoms. The molecule has 7 N–H and O–H groups in total. The van der Waals surface area contributed by atoms with Crippen molar-refractivity contribution in [1.29, 1.82) is 0 Å². The lowest BCUT2D eigenvalue weighted by Crippen LogP contribution is -2.63. The number of rotatable bonds is 21. The van der Waals surface area contributed by atoms with E-state index in [0.717, 1.165) is 64.9 Å². The van der Waals surface area contributed by atoms with Gasteiger partial charge in [0.2, 0.25) is 5.91 Å². The summed E-state index contributed by atoms with van der Waals surface area (Å²) in [7, 11) is 1.61. The van der Waals surface area contributed by atoms with Gasteiger partial charge in [0.1, 0.15) is 23.7 Å². The number of carbonyl (C=O) groups excluding carboxylic acids is 4. The molecule has 0 spiro atoms. The van der Waals surface area contributed by atoms with Crippen LogP contribution in [0.3, 0.4) is 0 Å². The predicted molar refractivity (Wildman–Crippen MR) is 266 cm³/mol. The van der Waals surface area contributed by atoms with E-state index in [-0.39, 0.29) is 5.92 Å². The van der Waals surface area contributed by atoms with Crippen molar-refractivity contribution in [2.75, 3.05) is 34.0 Å². The van der Waals surface area contributed by atoms with Crippen molar-refractivity contribution in [1.82, 2.24) is 36.3 Å². The maximum atomic E-state index is 16.0. The van der Waals surface area contributed by atoms with Gasteiger partial charge in [0.15, 0.2) is 0 Å². The molecule has 3 saturated heterocycles. The van der Waals surface area contributed by atoms with E-state index in [2.05, 4.69) is 24.7 Å². The number of amides is 4. The number of hydrogen-bond donors (Lipinski definition) is 6. The monoisotopic (exact) mass is 1130 g/mol. The fourth-order valence-electron chi connectivity index (χ4n) is 9.85. The van der Waals surface area contributed by atoms with Crippen LogP contribution in [-0.4, -0.2) is 145 Å². The smallest absolute Gasteiger partial charge is 0.407 e. The number of nitrogens with one attached hydrogen (secondary N) is 4. The van der Waals surface area contributed by atoms with Gasteiger partial charge in [-0.15, -0.1) is 0 Å². The van der Waals surface area contributed by atoms with E-state index in [4.69, 9.17) is 15.5 Å². The summed E-state index contributed by atoms with van der Waals surface area (Å²) in [6.07, 6.45) is -8.69. The van der Waals surface area contributed by atoms with E-state index in [1.54, 1.807) is 35.8 Å². The average Bonchev–Trinajstić information content (AvgIpc) is 3.61. The minimum Gasteiger partial charge on any atom is -0.453 e. The molecule has 3 aromatic rings. The molecule has 4 amide bonds. The zero-order chi connectivity index (χ0) is 58.4. The average molecular weight is 1130 g/mol. The van der Waals surface area contributed by atoms with Gasteiger partial charge in [-0.2, -0.15) is 35.1 Å². The lowest BCUT2D eigenvalue weighted by atomic mass is 9.82. The summed E-state index contributed by atoms with van der Waals surface area (Å²) < 4.78 is 159. The molecule has 3 unspecified atom stereocenters. The SMILES string of the molecule is COC(=O)NC(C(=O)N[C@@H](Cc1ccc(-c2ccc(C3CC4CCC(C3)N4C3COC3)nc2)cc1)[C@@H](O)CN(Cc1c(F)cc(C(N)=CC=NC(F)F)cc1F)NC(=O)[C@@H](NC(=O)OC)C(C)(C)C(F)(F)F)C(C)(C)C(F)(F)F. The third-order valence-electron chi connectivity index (χ3n) is 14.8. The van der Waals surface area contributed by atoms with Gasteiger partial charge in [-0.05, 0) is 95.2 Å². The van der Waals surface area contributed by atoms with Crippen molar-refractivity contribution in [3.8, 4) is 11.1 Å². The number of aliphatic imine (C=N–C) groups is 1. The normalized spacial score (nSPS) is 20.1. The molecule has 6 atom stereocenters. The molecule has 3 aliphatic heterocycles. The summed E-state index contributed by atoms with van der Waals surface area (Å²) in [5, 5.41) is 18.6. The Morgan fingerprint density at radius 2 is 1.35 bits per heavy atom. The van der Waals surface area contributed by atoms with Crippen molar-refractivity contribution in [3.05, 3.63) is 94.8 Å². The Morgan fingerprint density at radius 3 is 1.82 bits per heavy atom. The van der Waals surface area contributed by atoms with Crippen LogP contribution in [0.2, 0.25) is 0 Å². The van der Waals surface area contributed by atoms with Crippen LogP contribution in [0.25, 0.3) is 16.8 Å². The largest absolute Gasteiger partial charge is 0.453 e. The van der Waals surface area contributed by atoms with Gasteiger partial charge in [-0.25, -0.2) is 28.4 Å². The van der Waals surface area contributed by atoms with Crippen LogP contribution < -0.4 is 27.1 Å². The highest BCUT2D eigenvalue weighted by Crippen LogP contribution is 2.45. The Morgan fingerprint density at radius 1 is 0.823 bits per heavy atom. The number of carbonyl (C=O) groups is 4. The highest BCUT2D eigenvalue weighted by molar-refractivity contribution is 5.87. The number of allylic oxidation sites excluding steroid dienone is 1. The van der Waals surface area contributed by atoms with Crippen molar-refractivity contribution in [3.63, 3.8) is 0 Å². The van der Waals surface area contributed by atoms with Crippen LogP contribution in [0.1, 0.15) is 81.7 Å². The molecule has 79 heavy (non-hydrogen) atoms. The van der Waals surface area contributed by atoms with Crippen LogP contribution in [0.5, 0.6) is 0 Å². The molecule has 27 heteroatoms. The molecule has 6 rings (SSSR count). The van der Waals surface area contributed by atoms with Gasteiger partial charge in [0.25, 0.3) is 5.91 Å². The standard InChI is InChI=1S/C52H63F10N9O8/c1-49(2,51(57,58)59)42(67-47(75)77-5)44(73)66-40(17-27-7-9-28(10-8-27)29-11-14-39(65-22-29)31-18-32-12-13-33(19-31)71(32)34-25-79-26-34)41(72)24-70(69-45(74)43(68-48(76)78-6)50(3,4)52(60,61)62)23-35-36(53)20-30(21-37(35)54)38(63)15-16-64-46(55)56/h7-11,14-16,20-22,31-34,40-43,46,72H,12-13,17-19,23-26,63H2,1-6H3,(H,66,73)(H,67,75)(H,68,76)(H,69,74)/t31?,32?,33?,40-,41-,42?,43+/m0/s1. The van der Waals surface area contributed by atoms with Crippen LogP contribution in [0.4, 0.5) is 53.5 Å². The Labute approximate surface area is 448 Å². The molecule has 2 aromatic carbocycles. The number of aliphatic hydroxyl groups excluding tert-OH is 1. The predicted octanol–water partition coefficient (Wildman–Crippen LogP) is 7.28.